The summed E-state index contributed by atoms with van der Waals surface area (Å²) < 4.78 is 5.50. The Kier molecular flexibility index (Phi) is 4.45. The van der Waals surface area contributed by atoms with Gasteiger partial charge in [0.05, 0.1) is 5.69 Å². The molecule has 2 fully saturated rings. The number of aromatic nitrogens is 3. The minimum atomic E-state index is -0.452. The number of nitrogens with zero attached hydrogens (tertiary/aromatic N) is 5. The number of carbonyl (C=O) groups excluding carboxylic acids is 1. The largest absolute Gasteiger partial charge is 0.444 e. The first-order chi connectivity index (χ1) is 12.9. The van der Waals surface area contributed by atoms with Crippen LogP contribution in [-0.4, -0.2) is 58.0 Å². The van der Waals surface area contributed by atoms with Gasteiger partial charge in [0.15, 0.2) is 5.82 Å². The first kappa shape index (κ1) is 17.7. The van der Waals surface area contributed by atoms with Crippen molar-refractivity contribution in [1.29, 1.82) is 0 Å². The second-order valence-electron chi connectivity index (χ2n) is 8.33. The molecule has 0 aromatic carbocycles. The Bertz CT molecular complexity index is 789. The van der Waals surface area contributed by atoms with E-state index in [1.807, 2.05) is 49.9 Å². The number of fused-ring (bicyclic) bond motifs is 1. The van der Waals surface area contributed by atoms with E-state index in [-0.39, 0.29) is 6.09 Å². The molecule has 7 heteroatoms. The lowest BCUT2D eigenvalue weighted by Gasteiger charge is -2.26. The highest BCUT2D eigenvalue weighted by Crippen LogP contribution is 2.34. The van der Waals surface area contributed by atoms with Crippen LogP contribution >= 0.6 is 0 Å². The van der Waals surface area contributed by atoms with Gasteiger partial charge in [0.1, 0.15) is 5.60 Å². The summed E-state index contributed by atoms with van der Waals surface area (Å²) in [6.45, 7) is 8.98. The molecule has 4 rings (SSSR count). The highest BCUT2D eigenvalue weighted by Gasteiger charge is 2.43. The molecular formula is C20H25N5O2. The quantitative estimate of drug-likeness (QED) is 0.813. The molecule has 7 nitrogen and oxygen atoms in total. The van der Waals surface area contributed by atoms with Crippen LogP contribution in [0.1, 0.15) is 20.8 Å². The van der Waals surface area contributed by atoms with Crippen LogP contribution in [0.15, 0.2) is 36.7 Å². The number of anilines is 1. The average Bonchev–Trinajstić information content (AvgIpc) is 3.20. The summed E-state index contributed by atoms with van der Waals surface area (Å²) in [5.74, 6) is 1.80. The number of pyridine rings is 1. The maximum Gasteiger partial charge on any atom is 0.410 e. The van der Waals surface area contributed by atoms with Crippen LogP contribution in [0.4, 0.5) is 10.6 Å². The van der Waals surface area contributed by atoms with Gasteiger partial charge in [-0.15, -0.1) is 10.2 Å². The molecule has 142 valence electrons. The number of hydrogen-bond donors (Lipinski definition) is 0. The number of carbonyl (C=O) groups is 1. The highest BCUT2D eigenvalue weighted by atomic mass is 16.6. The topological polar surface area (TPSA) is 71.5 Å². The molecule has 0 radical (unpaired) electrons. The van der Waals surface area contributed by atoms with Gasteiger partial charge >= 0.3 is 6.09 Å². The predicted octanol–water partition coefficient (Wildman–Crippen LogP) is 2.84. The lowest BCUT2D eigenvalue weighted by Crippen LogP contribution is -2.37. The molecule has 0 bridgehead atoms. The Balaban J connectivity index is 1.37. The fourth-order valence-corrected chi connectivity index (χ4v) is 3.82. The van der Waals surface area contributed by atoms with Gasteiger partial charge in [0, 0.05) is 56.0 Å². The van der Waals surface area contributed by atoms with E-state index in [1.54, 1.807) is 12.4 Å². The van der Waals surface area contributed by atoms with E-state index in [0.717, 1.165) is 43.3 Å². The van der Waals surface area contributed by atoms with Crippen molar-refractivity contribution in [2.45, 2.75) is 26.4 Å². The molecule has 2 aromatic rings. The summed E-state index contributed by atoms with van der Waals surface area (Å²) in [5.41, 5.74) is 1.33. The van der Waals surface area contributed by atoms with Gasteiger partial charge in [0.25, 0.3) is 0 Å². The Hall–Kier alpha value is -2.70. The third-order valence-corrected chi connectivity index (χ3v) is 5.07. The first-order valence-corrected chi connectivity index (χ1v) is 9.36. The Labute approximate surface area is 159 Å². The minimum absolute atomic E-state index is 0.205. The highest BCUT2D eigenvalue weighted by molar-refractivity contribution is 5.68. The zero-order valence-corrected chi connectivity index (χ0v) is 16.0. The molecule has 1 amide bonds. The van der Waals surface area contributed by atoms with E-state index in [2.05, 4.69) is 20.1 Å². The van der Waals surface area contributed by atoms with Crippen molar-refractivity contribution in [2.75, 3.05) is 31.1 Å². The number of amides is 1. The molecule has 2 saturated heterocycles. The lowest BCUT2D eigenvalue weighted by atomic mass is 10.0. The minimum Gasteiger partial charge on any atom is -0.444 e. The summed E-state index contributed by atoms with van der Waals surface area (Å²) in [5, 5.41) is 8.76. The lowest BCUT2D eigenvalue weighted by molar-refractivity contribution is 0.0282. The zero-order chi connectivity index (χ0) is 19.0. The maximum absolute atomic E-state index is 12.3. The molecule has 4 heterocycles. The van der Waals surface area contributed by atoms with Gasteiger partial charge in [-0.05, 0) is 45.0 Å². The van der Waals surface area contributed by atoms with Crippen molar-refractivity contribution in [3.05, 3.63) is 36.7 Å². The van der Waals surface area contributed by atoms with Crippen LogP contribution < -0.4 is 4.90 Å². The first-order valence-electron chi connectivity index (χ1n) is 9.36. The predicted molar refractivity (Wildman–Crippen MR) is 102 cm³/mol. The second kappa shape index (κ2) is 6.79. The van der Waals surface area contributed by atoms with Crippen LogP contribution in [0.2, 0.25) is 0 Å². The third kappa shape index (κ3) is 3.86. The molecule has 2 aliphatic heterocycles. The number of ether oxygens (including phenoxy) is 1. The standard InChI is InChI=1S/C20H25N5O2/c1-20(2,3)27-19(26)25-12-15-10-24(11-16(15)13-25)18-7-6-17(22-23-18)14-5-4-8-21-9-14/h4-9,15-16H,10-13H2,1-3H3/t15-,16-/m0/s1. The van der Waals surface area contributed by atoms with Crippen molar-refractivity contribution in [3.8, 4) is 11.3 Å². The van der Waals surface area contributed by atoms with Crippen molar-refractivity contribution in [3.63, 3.8) is 0 Å². The molecule has 2 atom stereocenters. The van der Waals surface area contributed by atoms with Gasteiger partial charge in [-0.1, -0.05) is 0 Å². The summed E-state index contributed by atoms with van der Waals surface area (Å²) in [7, 11) is 0. The Morgan fingerprint density at radius 2 is 1.81 bits per heavy atom. The molecule has 27 heavy (non-hydrogen) atoms. The zero-order valence-electron chi connectivity index (χ0n) is 16.0. The molecule has 0 unspecified atom stereocenters. The molecule has 2 aromatic heterocycles. The molecule has 0 spiro atoms. The second-order valence-corrected chi connectivity index (χ2v) is 8.33. The SMILES string of the molecule is CC(C)(C)OC(=O)N1C[C@@H]2CN(c3ccc(-c4cccnc4)nn3)C[C@H]2C1. The van der Waals surface area contributed by atoms with Crippen LogP contribution in [-0.2, 0) is 4.74 Å². The fourth-order valence-electron chi connectivity index (χ4n) is 3.82. The Morgan fingerprint density at radius 1 is 1.07 bits per heavy atom. The number of rotatable bonds is 2. The fraction of sp³-hybridized carbons (Fsp3) is 0.500. The van der Waals surface area contributed by atoms with E-state index in [1.165, 1.54) is 0 Å². The monoisotopic (exact) mass is 367 g/mol. The average molecular weight is 367 g/mol. The van der Waals surface area contributed by atoms with Gasteiger partial charge < -0.3 is 14.5 Å². The van der Waals surface area contributed by atoms with E-state index in [9.17, 15) is 4.79 Å². The van der Waals surface area contributed by atoms with Crippen molar-refractivity contribution in [1.82, 2.24) is 20.1 Å². The Morgan fingerprint density at radius 3 is 2.37 bits per heavy atom. The summed E-state index contributed by atoms with van der Waals surface area (Å²) in [6, 6.07) is 7.87. The normalized spacial score (nSPS) is 22.0. The van der Waals surface area contributed by atoms with Crippen molar-refractivity contribution < 1.29 is 9.53 Å². The molecule has 0 saturated carbocycles. The summed E-state index contributed by atoms with van der Waals surface area (Å²) in [6.07, 6.45) is 3.33. The van der Waals surface area contributed by atoms with Gasteiger partial charge in [-0.2, -0.15) is 0 Å². The van der Waals surface area contributed by atoms with Crippen LogP contribution in [0, 0.1) is 11.8 Å². The van der Waals surface area contributed by atoms with E-state index in [0.29, 0.717) is 11.8 Å². The van der Waals surface area contributed by atoms with Crippen LogP contribution in [0.25, 0.3) is 11.3 Å². The smallest absolute Gasteiger partial charge is 0.410 e. The number of hydrogen-bond acceptors (Lipinski definition) is 6. The summed E-state index contributed by atoms with van der Waals surface area (Å²) >= 11 is 0. The van der Waals surface area contributed by atoms with Gasteiger partial charge in [0.2, 0.25) is 0 Å². The van der Waals surface area contributed by atoms with E-state index >= 15 is 0 Å². The van der Waals surface area contributed by atoms with Gasteiger partial charge in [-0.25, -0.2) is 4.79 Å². The van der Waals surface area contributed by atoms with Crippen molar-refractivity contribution >= 4 is 11.9 Å². The van der Waals surface area contributed by atoms with E-state index in [4.69, 9.17) is 4.74 Å². The number of likely N-dealkylation sites (tertiary alicyclic amines) is 1. The third-order valence-electron chi connectivity index (χ3n) is 5.07. The summed E-state index contributed by atoms with van der Waals surface area (Å²) in [4.78, 5) is 20.5. The molecular weight excluding hydrogens is 342 g/mol. The van der Waals surface area contributed by atoms with Crippen LogP contribution in [0.5, 0.6) is 0 Å². The van der Waals surface area contributed by atoms with Gasteiger partial charge in [-0.3, -0.25) is 4.98 Å². The van der Waals surface area contributed by atoms with Crippen molar-refractivity contribution in [2.24, 2.45) is 11.8 Å². The molecule has 0 aliphatic carbocycles. The molecule has 0 N–H and O–H groups in total. The maximum atomic E-state index is 12.3. The molecule has 2 aliphatic rings. The van der Waals surface area contributed by atoms with E-state index < -0.39 is 5.60 Å². The van der Waals surface area contributed by atoms with Crippen LogP contribution in [0.3, 0.4) is 0 Å².